The highest BCUT2D eigenvalue weighted by Crippen LogP contribution is 2.34. The topological polar surface area (TPSA) is 9.23 Å². The first-order valence-corrected chi connectivity index (χ1v) is 3.87. The molecule has 1 aliphatic carbocycles. The Hall–Kier alpha value is -0.720. The van der Waals surface area contributed by atoms with Crippen LogP contribution in [-0.2, 0) is 4.74 Å². The van der Waals surface area contributed by atoms with Gasteiger partial charge in [-0.1, -0.05) is 19.1 Å². The standard InChI is InChI=1S/C9H12O/c1-7-6-10-9-5-3-2-4-8(7)9/h2-3,5,7-8H,4,6H2,1H3. The van der Waals surface area contributed by atoms with Crippen LogP contribution < -0.4 is 0 Å². The van der Waals surface area contributed by atoms with Gasteiger partial charge in [-0.25, -0.2) is 0 Å². The molecule has 1 saturated heterocycles. The summed E-state index contributed by atoms with van der Waals surface area (Å²) in [6, 6.07) is 0. The maximum atomic E-state index is 5.48. The molecule has 2 rings (SSSR count). The summed E-state index contributed by atoms with van der Waals surface area (Å²) in [5.41, 5.74) is 0. The molecule has 10 heavy (non-hydrogen) atoms. The van der Waals surface area contributed by atoms with Gasteiger partial charge in [0.2, 0.25) is 0 Å². The van der Waals surface area contributed by atoms with E-state index >= 15 is 0 Å². The summed E-state index contributed by atoms with van der Waals surface area (Å²) in [5.74, 6) is 2.61. The predicted octanol–water partition coefficient (Wildman–Crippen LogP) is 2.11. The predicted molar refractivity (Wildman–Crippen MR) is 40.4 cm³/mol. The fourth-order valence-corrected chi connectivity index (χ4v) is 1.64. The molecule has 1 nitrogen and oxygen atoms in total. The van der Waals surface area contributed by atoms with Crippen LogP contribution in [0.2, 0.25) is 0 Å². The van der Waals surface area contributed by atoms with Gasteiger partial charge in [-0.3, -0.25) is 0 Å². The number of hydrogen-bond acceptors (Lipinski definition) is 1. The minimum atomic E-state index is 0.685. The van der Waals surface area contributed by atoms with Crippen LogP contribution >= 0.6 is 0 Å². The van der Waals surface area contributed by atoms with Gasteiger partial charge >= 0.3 is 0 Å². The normalized spacial score (nSPS) is 36.7. The first kappa shape index (κ1) is 6.02. The molecule has 0 amide bonds. The van der Waals surface area contributed by atoms with Crippen molar-refractivity contribution < 1.29 is 4.74 Å². The van der Waals surface area contributed by atoms with Crippen LogP contribution in [0, 0.1) is 11.8 Å². The maximum absolute atomic E-state index is 5.48. The Morgan fingerprint density at radius 1 is 1.60 bits per heavy atom. The van der Waals surface area contributed by atoms with Crippen LogP contribution in [-0.4, -0.2) is 6.61 Å². The van der Waals surface area contributed by atoms with Gasteiger partial charge < -0.3 is 4.74 Å². The first-order valence-electron chi connectivity index (χ1n) is 3.87. The van der Waals surface area contributed by atoms with Crippen molar-refractivity contribution in [1.82, 2.24) is 0 Å². The molecule has 0 spiro atoms. The Morgan fingerprint density at radius 3 is 3.30 bits per heavy atom. The summed E-state index contributed by atoms with van der Waals surface area (Å²) in [6.07, 6.45) is 7.58. The number of rotatable bonds is 0. The van der Waals surface area contributed by atoms with Crippen molar-refractivity contribution in [1.29, 1.82) is 0 Å². The summed E-state index contributed by atoms with van der Waals surface area (Å²) >= 11 is 0. The smallest absolute Gasteiger partial charge is 0.0997 e. The van der Waals surface area contributed by atoms with E-state index in [1.165, 1.54) is 12.2 Å². The van der Waals surface area contributed by atoms with Crippen LogP contribution in [0.3, 0.4) is 0 Å². The fraction of sp³-hybridized carbons (Fsp3) is 0.556. The Kier molecular flexibility index (Phi) is 1.30. The molecule has 0 saturated carbocycles. The van der Waals surface area contributed by atoms with Crippen molar-refractivity contribution in [2.75, 3.05) is 6.61 Å². The van der Waals surface area contributed by atoms with Gasteiger partial charge in [0.05, 0.1) is 12.4 Å². The lowest BCUT2D eigenvalue weighted by Gasteiger charge is -2.12. The van der Waals surface area contributed by atoms with Gasteiger partial charge in [0.25, 0.3) is 0 Å². The number of ether oxygens (including phenoxy) is 1. The van der Waals surface area contributed by atoms with Crippen LogP contribution in [0.1, 0.15) is 13.3 Å². The third kappa shape index (κ3) is 0.772. The number of hydrogen-bond donors (Lipinski definition) is 0. The van der Waals surface area contributed by atoms with Crippen molar-refractivity contribution >= 4 is 0 Å². The lowest BCUT2D eigenvalue weighted by atomic mass is 9.90. The molecule has 2 atom stereocenters. The number of allylic oxidation sites excluding steroid dienone is 4. The Bertz CT molecular complexity index is 191. The lowest BCUT2D eigenvalue weighted by molar-refractivity contribution is 0.245. The zero-order chi connectivity index (χ0) is 6.97. The third-order valence-electron chi connectivity index (χ3n) is 2.35. The quantitative estimate of drug-likeness (QED) is 0.495. The van der Waals surface area contributed by atoms with E-state index in [4.69, 9.17) is 4.74 Å². The van der Waals surface area contributed by atoms with Crippen molar-refractivity contribution in [3.05, 3.63) is 24.0 Å². The molecule has 0 bridgehead atoms. The zero-order valence-electron chi connectivity index (χ0n) is 6.21. The van der Waals surface area contributed by atoms with Gasteiger partial charge in [-0.2, -0.15) is 0 Å². The van der Waals surface area contributed by atoms with Crippen molar-refractivity contribution in [3.63, 3.8) is 0 Å². The summed E-state index contributed by atoms with van der Waals surface area (Å²) in [5, 5.41) is 0. The van der Waals surface area contributed by atoms with E-state index in [2.05, 4.69) is 25.2 Å². The van der Waals surface area contributed by atoms with E-state index in [1.54, 1.807) is 0 Å². The molecule has 0 aromatic rings. The second-order valence-electron chi connectivity index (χ2n) is 3.13. The van der Waals surface area contributed by atoms with Crippen molar-refractivity contribution in [2.45, 2.75) is 13.3 Å². The van der Waals surface area contributed by atoms with Gasteiger partial charge in [0.15, 0.2) is 0 Å². The van der Waals surface area contributed by atoms with E-state index in [-0.39, 0.29) is 0 Å². The largest absolute Gasteiger partial charge is 0.497 e. The van der Waals surface area contributed by atoms with Gasteiger partial charge in [-0.15, -0.1) is 0 Å². The van der Waals surface area contributed by atoms with E-state index in [9.17, 15) is 0 Å². The van der Waals surface area contributed by atoms with E-state index < -0.39 is 0 Å². The second kappa shape index (κ2) is 2.15. The molecule has 1 heteroatoms. The molecule has 54 valence electrons. The highest BCUT2D eigenvalue weighted by atomic mass is 16.5. The maximum Gasteiger partial charge on any atom is 0.0997 e. The number of fused-ring (bicyclic) bond motifs is 1. The minimum absolute atomic E-state index is 0.685. The SMILES string of the molecule is CC1COC2=CC=CCC21. The highest BCUT2D eigenvalue weighted by Gasteiger charge is 2.29. The molecule has 0 radical (unpaired) electrons. The Morgan fingerprint density at radius 2 is 2.50 bits per heavy atom. The van der Waals surface area contributed by atoms with Crippen molar-refractivity contribution in [2.24, 2.45) is 11.8 Å². The third-order valence-corrected chi connectivity index (χ3v) is 2.35. The fourth-order valence-electron chi connectivity index (χ4n) is 1.64. The molecule has 1 heterocycles. The molecular formula is C9H12O. The molecular weight excluding hydrogens is 124 g/mol. The van der Waals surface area contributed by atoms with E-state index in [0.717, 1.165) is 12.5 Å². The summed E-state index contributed by atoms with van der Waals surface area (Å²) in [4.78, 5) is 0. The van der Waals surface area contributed by atoms with E-state index in [1.807, 2.05) is 0 Å². The zero-order valence-corrected chi connectivity index (χ0v) is 6.21. The average Bonchev–Trinajstić information content (AvgIpc) is 2.34. The minimum Gasteiger partial charge on any atom is -0.497 e. The highest BCUT2D eigenvalue weighted by molar-refractivity contribution is 5.19. The van der Waals surface area contributed by atoms with Crippen LogP contribution in [0.4, 0.5) is 0 Å². The summed E-state index contributed by atoms with van der Waals surface area (Å²) in [6.45, 7) is 3.17. The first-order chi connectivity index (χ1) is 4.88. The monoisotopic (exact) mass is 136 g/mol. The molecule has 0 aromatic heterocycles. The van der Waals surface area contributed by atoms with Crippen LogP contribution in [0.25, 0.3) is 0 Å². The molecule has 2 aliphatic rings. The lowest BCUT2D eigenvalue weighted by Crippen LogP contribution is -2.07. The second-order valence-corrected chi connectivity index (χ2v) is 3.13. The van der Waals surface area contributed by atoms with Gasteiger partial charge in [0, 0.05) is 11.8 Å². The average molecular weight is 136 g/mol. The molecule has 0 aromatic carbocycles. The van der Waals surface area contributed by atoms with Crippen molar-refractivity contribution in [3.8, 4) is 0 Å². The molecule has 1 fully saturated rings. The summed E-state index contributed by atoms with van der Waals surface area (Å²) < 4.78 is 5.48. The van der Waals surface area contributed by atoms with Crippen LogP contribution in [0.15, 0.2) is 24.0 Å². The molecule has 1 aliphatic heterocycles. The van der Waals surface area contributed by atoms with Crippen LogP contribution in [0.5, 0.6) is 0 Å². The molecule has 0 N–H and O–H groups in total. The summed E-state index contributed by atoms with van der Waals surface area (Å²) in [7, 11) is 0. The Labute approximate surface area is 61.4 Å². The Balaban J connectivity index is 2.23. The van der Waals surface area contributed by atoms with Gasteiger partial charge in [-0.05, 0) is 12.5 Å². The van der Waals surface area contributed by atoms with E-state index in [0.29, 0.717) is 5.92 Å². The van der Waals surface area contributed by atoms with Gasteiger partial charge in [0.1, 0.15) is 0 Å². The molecule has 2 unspecified atom stereocenters.